The summed E-state index contributed by atoms with van der Waals surface area (Å²) in [6.45, 7) is 10.3. The van der Waals surface area contributed by atoms with Crippen molar-refractivity contribution in [3.8, 4) is 0 Å². The molecule has 1 saturated heterocycles. The first-order valence-electron chi connectivity index (χ1n) is 12.3. The fourth-order valence-electron chi connectivity index (χ4n) is 4.33. The van der Waals surface area contributed by atoms with Crippen molar-refractivity contribution in [1.82, 2.24) is 25.0 Å². The number of likely N-dealkylation sites (N-methyl/N-ethyl adjacent to an activating group) is 1. The fraction of sp³-hybridized carbons (Fsp3) is 0.462. The van der Waals surface area contributed by atoms with Gasteiger partial charge in [-0.15, -0.1) is 0 Å². The van der Waals surface area contributed by atoms with Crippen LogP contribution in [0, 0.1) is 0 Å². The number of nitrogens with one attached hydrogen (secondary N) is 1. The van der Waals surface area contributed by atoms with E-state index >= 15 is 0 Å². The molecule has 2 aromatic heterocycles. The summed E-state index contributed by atoms with van der Waals surface area (Å²) < 4.78 is 1.43. The van der Waals surface area contributed by atoms with Crippen LogP contribution in [0.25, 0.3) is 10.8 Å². The molecule has 3 heterocycles. The third-order valence-electron chi connectivity index (χ3n) is 6.46. The highest BCUT2D eigenvalue weighted by molar-refractivity contribution is 6.04. The number of carbonyl (C=O) groups is 1. The molecule has 1 fully saturated rings. The maximum atomic E-state index is 13.1. The maximum absolute atomic E-state index is 13.1. The van der Waals surface area contributed by atoms with Crippen LogP contribution in [0.1, 0.15) is 49.2 Å². The first kappa shape index (κ1) is 23.9. The van der Waals surface area contributed by atoms with Gasteiger partial charge in [0, 0.05) is 50.9 Å². The lowest BCUT2D eigenvalue weighted by Crippen LogP contribution is -2.46. The van der Waals surface area contributed by atoms with E-state index in [-0.39, 0.29) is 17.2 Å². The van der Waals surface area contributed by atoms with E-state index < -0.39 is 0 Å². The average Bonchev–Trinajstić information content (AvgIpc) is 2.89. The number of nitrogens with zero attached hydrogens (tertiary/aromatic N) is 5. The van der Waals surface area contributed by atoms with E-state index in [0.717, 1.165) is 63.4 Å². The number of aryl methyl sites for hydroxylation is 1. The van der Waals surface area contributed by atoms with E-state index in [0.29, 0.717) is 23.9 Å². The van der Waals surface area contributed by atoms with Gasteiger partial charge < -0.3 is 15.1 Å². The van der Waals surface area contributed by atoms with Gasteiger partial charge in [0.25, 0.3) is 11.5 Å². The van der Waals surface area contributed by atoms with Gasteiger partial charge in [0.15, 0.2) is 5.69 Å². The summed E-state index contributed by atoms with van der Waals surface area (Å²) in [5.41, 5.74) is 1.05. The zero-order valence-corrected chi connectivity index (χ0v) is 20.2. The molecule has 1 N–H and O–H groups in total. The number of piperazine rings is 1. The molecule has 8 heteroatoms. The SMILES string of the molecule is CCCCCn1nc(C(=O)NCc2ccc(N3CCN(CC)CC3)nc2)c2ccccc2c1=O. The zero-order chi connectivity index (χ0) is 23.9. The lowest BCUT2D eigenvalue weighted by Gasteiger charge is -2.34. The highest BCUT2D eigenvalue weighted by Gasteiger charge is 2.18. The minimum atomic E-state index is -0.291. The molecule has 4 rings (SSSR count). The van der Waals surface area contributed by atoms with Crippen LogP contribution in [0.5, 0.6) is 0 Å². The highest BCUT2D eigenvalue weighted by atomic mass is 16.2. The summed E-state index contributed by atoms with van der Waals surface area (Å²) in [6.07, 6.45) is 4.74. The molecule has 0 spiro atoms. The Hall–Kier alpha value is -3.26. The summed E-state index contributed by atoms with van der Waals surface area (Å²) >= 11 is 0. The summed E-state index contributed by atoms with van der Waals surface area (Å²) in [5.74, 6) is 0.679. The number of amides is 1. The monoisotopic (exact) mass is 462 g/mol. The maximum Gasteiger partial charge on any atom is 0.274 e. The average molecular weight is 463 g/mol. The van der Waals surface area contributed by atoms with Crippen LogP contribution < -0.4 is 15.8 Å². The summed E-state index contributed by atoms with van der Waals surface area (Å²) in [7, 11) is 0. The number of benzene rings is 1. The predicted octanol–water partition coefficient (Wildman–Crippen LogP) is 3.05. The van der Waals surface area contributed by atoms with E-state index in [2.05, 4.69) is 39.0 Å². The van der Waals surface area contributed by atoms with Crippen LogP contribution in [0.3, 0.4) is 0 Å². The number of fused-ring (bicyclic) bond motifs is 1. The summed E-state index contributed by atoms with van der Waals surface area (Å²) in [5, 5.41) is 8.50. The van der Waals surface area contributed by atoms with Gasteiger partial charge in [-0.1, -0.05) is 51.0 Å². The molecule has 0 unspecified atom stereocenters. The Labute approximate surface area is 200 Å². The van der Waals surface area contributed by atoms with E-state index in [4.69, 9.17) is 0 Å². The van der Waals surface area contributed by atoms with Gasteiger partial charge in [0.1, 0.15) is 5.82 Å². The second kappa shape index (κ2) is 11.2. The number of carbonyl (C=O) groups excluding carboxylic acids is 1. The Bertz CT molecular complexity index is 1170. The van der Waals surface area contributed by atoms with Crippen LogP contribution >= 0.6 is 0 Å². The second-order valence-corrected chi connectivity index (χ2v) is 8.76. The lowest BCUT2D eigenvalue weighted by atomic mass is 10.1. The Kier molecular flexibility index (Phi) is 7.90. The quantitative estimate of drug-likeness (QED) is 0.492. The third kappa shape index (κ3) is 5.44. The molecule has 8 nitrogen and oxygen atoms in total. The van der Waals surface area contributed by atoms with Gasteiger partial charge in [0.05, 0.1) is 5.39 Å². The molecular formula is C26H34N6O2. The van der Waals surface area contributed by atoms with E-state index in [1.54, 1.807) is 12.1 Å². The Morgan fingerprint density at radius 2 is 1.76 bits per heavy atom. The van der Waals surface area contributed by atoms with Crippen LogP contribution in [0.2, 0.25) is 0 Å². The van der Waals surface area contributed by atoms with Crippen molar-refractivity contribution in [3.05, 3.63) is 64.2 Å². The van der Waals surface area contributed by atoms with Crippen molar-refractivity contribution in [2.75, 3.05) is 37.6 Å². The van der Waals surface area contributed by atoms with Gasteiger partial charge in [-0.05, 0) is 30.7 Å². The standard InChI is InChI=1S/C26H34N6O2/c1-3-5-8-13-32-26(34)22-10-7-6-9-21(22)24(29-32)25(33)28-19-20-11-12-23(27-18-20)31-16-14-30(4-2)15-17-31/h6-7,9-12,18H,3-5,8,13-17,19H2,1-2H3,(H,28,33). The largest absolute Gasteiger partial charge is 0.354 e. The van der Waals surface area contributed by atoms with Crippen molar-refractivity contribution >= 4 is 22.5 Å². The first-order valence-corrected chi connectivity index (χ1v) is 12.3. The van der Waals surface area contributed by atoms with Crippen molar-refractivity contribution in [3.63, 3.8) is 0 Å². The van der Waals surface area contributed by atoms with Crippen LogP contribution in [-0.4, -0.2) is 58.3 Å². The number of unbranched alkanes of at least 4 members (excludes halogenated alkanes) is 2. The second-order valence-electron chi connectivity index (χ2n) is 8.76. The molecule has 0 radical (unpaired) electrons. The van der Waals surface area contributed by atoms with E-state index in [1.165, 1.54) is 4.68 Å². The topological polar surface area (TPSA) is 83.4 Å². The summed E-state index contributed by atoms with van der Waals surface area (Å²) in [6, 6.07) is 11.2. The predicted molar refractivity (Wildman–Crippen MR) is 135 cm³/mol. The molecule has 1 aliphatic rings. The van der Waals surface area contributed by atoms with Gasteiger partial charge >= 0.3 is 0 Å². The zero-order valence-electron chi connectivity index (χ0n) is 20.2. The molecule has 3 aromatic rings. The fourth-order valence-corrected chi connectivity index (χ4v) is 4.33. The van der Waals surface area contributed by atoms with Crippen molar-refractivity contribution < 1.29 is 4.79 Å². The van der Waals surface area contributed by atoms with Gasteiger partial charge in [-0.3, -0.25) is 9.59 Å². The minimum Gasteiger partial charge on any atom is -0.354 e. The molecule has 0 aliphatic carbocycles. The Balaban J connectivity index is 1.45. The lowest BCUT2D eigenvalue weighted by molar-refractivity contribution is 0.0945. The molecule has 1 aromatic carbocycles. The Morgan fingerprint density at radius 3 is 2.44 bits per heavy atom. The van der Waals surface area contributed by atoms with E-state index in [1.807, 2.05) is 30.5 Å². The molecule has 0 bridgehead atoms. The number of pyridine rings is 1. The van der Waals surface area contributed by atoms with Crippen LogP contribution in [0.4, 0.5) is 5.82 Å². The third-order valence-corrected chi connectivity index (χ3v) is 6.46. The normalized spacial score (nSPS) is 14.5. The van der Waals surface area contributed by atoms with Crippen molar-refractivity contribution in [2.24, 2.45) is 0 Å². The molecular weight excluding hydrogens is 428 g/mol. The van der Waals surface area contributed by atoms with Gasteiger partial charge in [-0.25, -0.2) is 9.67 Å². The highest BCUT2D eigenvalue weighted by Crippen LogP contribution is 2.16. The number of hydrogen-bond acceptors (Lipinski definition) is 6. The van der Waals surface area contributed by atoms with Gasteiger partial charge in [0.2, 0.25) is 0 Å². The van der Waals surface area contributed by atoms with Crippen molar-refractivity contribution in [1.29, 1.82) is 0 Å². The molecule has 1 amide bonds. The van der Waals surface area contributed by atoms with Crippen LogP contribution in [0.15, 0.2) is 47.4 Å². The van der Waals surface area contributed by atoms with Crippen LogP contribution in [-0.2, 0) is 13.1 Å². The number of hydrogen-bond donors (Lipinski definition) is 1. The smallest absolute Gasteiger partial charge is 0.274 e. The first-order chi connectivity index (χ1) is 16.6. The number of aromatic nitrogens is 3. The molecule has 180 valence electrons. The molecule has 1 aliphatic heterocycles. The van der Waals surface area contributed by atoms with E-state index in [9.17, 15) is 9.59 Å². The number of anilines is 1. The molecule has 0 atom stereocenters. The van der Waals surface area contributed by atoms with Gasteiger partial charge in [-0.2, -0.15) is 5.10 Å². The number of rotatable bonds is 9. The summed E-state index contributed by atoms with van der Waals surface area (Å²) in [4.78, 5) is 35.3. The Morgan fingerprint density at radius 1 is 1.00 bits per heavy atom. The molecule has 34 heavy (non-hydrogen) atoms. The minimum absolute atomic E-state index is 0.150. The van der Waals surface area contributed by atoms with Crippen molar-refractivity contribution in [2.45, 2.75) is 46.2 Å². The molecule has 0 saturated carbocycles.